The number of ether oxygens (including phenoxy) is 1. The van der Waals surface area contributed by atoms with Gasteiger partial charge in [0.2, 0.25) is 0 Å². The minimum absolute atomic E-state index is 0.161. The molecule has 0 aliphatic carbocycles. The van der Waals surface area contributed by atoms with E-state index in [1.807, 2.05) is 11.3 Å². The monoisotopic (exact) mass is 197 g/mol. The Hall–Kier alpha value is -0.380. The van der Waals surface area contributed by atoms with Crippen molar-refractivity contribution in [3.63, 3.8) is 0 Å². The zero-order chi connectivity index (χ0) is 9.26. The van der Waals surface area contributed by atoms with E-state index in [4.69, 9.17) is 10.5 Å². The highest BCUT2D eigenvalue weighted by molar-refractivity contribution is 7.12. The molecule has 0 fully saturated rings. The summed E-state index contributed by atoms with van der Waals surface area (Å²) in [6.45, 7) is 3.63. The van der Waals surface area contributed by atoms with Gasteiger partial charge in [-0.3, -0.25) is 0 Å². The maximum atomic E-state index is 5.65. The molecule has 0 bridgehead atoms. The van der Waals surface area contributed by atoms with Crippen LogP contribution in [0, 0.1) is 0 Å². The van der Waals surface area contributed by atoms with Gasteiger partial charge in [0.05, 0.1) is 6.61 Å². The number of hydrogen-bond acceptors (Lipinski definition) is 3. The SMILES string of the molecule is CCc1cc2c(s1)C(CN)OCC2. The van der Waals surface area contributed by atoms with Crippen LogP contribution < -0.4 is 5.73 Å². The Bertz CT molecular complexity index is 295. The first-order valence-electron chi connectivity index (χ1n) is 4.78. The maximum absolute atomic E-state index is 5.65. The molecule has 0 radical (unpaired) electrons. The van der Waals surface area contributed by atoms with E-state index < -0.39 is 0 Å². The van der Waals surface area contributed by atoms with Crippen molar-refractivity contribution in [1.29, 1.82) is 0 Å². The molecule has 0 amide bonds. The first kappa shape index (κ1) is 9.19. The number of rotatable bonds is 2. The Balaban J connectivity index is 2.32. The van der Waals surface area contributed by atoms with Gasteiger partial charge >= 0.3 is 0 Å². The van der Waals surface area contributed by atoms with Crippen LogP contribution in [0.5, 0.6) is 0 Å². The summed E-state index contributed by atoms with van der Waals surface area (Å²) >= 11 is 1.86. The smallest absolute Gasteiger partial charge is 0.104 e. The number of aryl methyl sites for hydroxylation is 1. The molecule has 3 heteroatoms. The zero-order valence-electron chi connectivity index (χ0n) is 7.88. The van der Waals surface area contributed by atoms with E-state index >= 15 is 0 Å². The Morgan fingerprint density at radius 1 is 1.69 bits per heavy atom. The third-order valence-corrected chi connectivity index (χ3v) is 3.85. The summed E-state index contributed by atoms with van der Waals surface area (Å²) in [5.41, 5.74) is 7.11. The normalized spacial score (nSPS) is 21.5. The Labute approximate surface area is 82.7 Å². The molecule has 1 aliphatic heterocycles. The average molecular weight is 197 g/mol. The van der Waals surface area contributed by atoms with Crippen molar-refractivity contribution in [3.05, 3.63) is 21.4 Å². The minimum Gasteiger partial charge on any atom is -0.371 e. The third kappa shape index (κ3) is 1.64. The van der Waals surface area contributed by atoms with Gasteiger partial charge in [0.25, 0.3) is 0 Å². The molecule has 13 heavy (non-hydrogen) atoms. The highest BCUT2D eigenvalue weighted by Gasteiger charge is 2.21. The number of hydrogen-bond donors (Lipinski definition) is 1. The predicted molar refractivity (Wildman–Crippen MR) is 55.1 cm³/mol. The summed E-state index contributed by atoms with van der Waals surface area (Å²) in [4.78, 5) is 2.82. The number of thiophene rings is 1. The molecule has 72 valence electrons. The molecule has 1 atom stereocenters. The third-order valence-electron chi connectivity index (χ3n) is 2.44. The summed E-state index contributed by atoms with van der Waals surface area (Å²) in [6.07, 6.45) is 2.34. The Morgan fingerprint density at radius 3 is 3.23 bits per heavy atom. The predicted octanol–water partition coefficient (Wildman–Crippen LogP) is 1.88. The van der Waals surface area contributed by atoms with Gasteiger partial charge in [0, 0.05) is 16.3 Å². The molecule has 2 heterocycles. The van der Waals surface area contributed by atoms with Crippen LogP contribution in [0.1, 0.15) is 28.3 Å². The summed E-state index contributed by atoms with van der Waals surface area (Å²) in [6, 6.07) is 2.31. The van der Waals surface area contributed by atoms with Crippen LogP contribution in [0.25, 0.3) is 0 Å². The topological polar surface area (TPSA) is 35.2 Å². The van der Waals surface area contributed by atoms with Gasteiger partial charge in [-0.15, -0.1) is 11.3 Å². The minimum atomic E-state index is 0.161. The molecule has 1 unspecified atom stereocenters. The van der Waals surface area contributed by atoms with E-state index in [0.29, 0.717) is 6.54 Å². The second-order valence-corrected chi connectivity index (χ2v) is 4.47. The average Bonchev–Trinajstić information content (AvgIpc) is 2.59. The fraction of sp³-hybridized carbons (Fsp3) is 0.600. The van der Waals surface area contributed by atoms with Gasteiger partial charge < -0.3 is 10.5 Å². The lowest BCUT2D eigenvalue weighted by Crippen LogP contribution is -2.21. The molecule has 1 aliphatic rings. The van der Waals surface area contributed by atoms with E-state index in [1.165, 1.54) is 15.3 Å². The lowest BCUT2D eigenvalue weighted by Gasteiger charge is -2.21. The lowest BCUT2D eigenvalue weighted by molar-refractivity contribution is 0.0515. The molecule has 2 nitrogen and oxygen atoms in total. The molecule has 1 aromatic heterocycles. The Kier molecular flexibility index (Phi) is 2.67. The van der Waals surface area contributed by atoms with Crippen LogP contribution in [-0.2, 0) is 17.6 Å². The van der Waals surface area contributed by atoms with Crippen molar-refractivity contribution < 1.29 is 4.74 Å². The van der Waals surface area contributed by atoms with E-state index in [2.05, 4.69) is 13.0 Å². The first-order chi connectivity index (χ1) is 6.35. The summed E-state index contributed by atoms with van der Waals surface area (Å²) in [5.74, 6) is 0. The highest BCUT2D eigenvalue weighted by atomic mass is 32.1. The van der Waals surface area contributed by atoms with Crippen LogP contribution in [0.3, 0.4) is 0 Å². The second-order valence-electron chi connectivity index (χ2n) is 3.30. The summed E-state index contributed by atoms with van der Waals surface area (Å²) < 4.78 is 5.60. The van der Waals surface area contributed by atoms with Gasteiger partial charge in [-0.1, -0.05) is 6.92 Å². The van der Waals surface area contributed by atoms with Gasteiger partial charge in [-0.05, 0) is 24.5 Å². The van der Waals surface area contributed by atoms with Crippen LogP contribution in [0.4, 0.5) is 0 Å². The van der Waals surface area contributed by atoms with E-state index in [1.54, 1.807) is 0 Å². The van der Waals surface area contributed by atoms with Crippen molar-refractivity contribution in [3.8, 4) is 0 Å². The van der Waals surface area contributed by atoms with Crippen LogP contribution >= 0.6 is 11.3 Å². The standard InChI is InChI=1S/C10H15NOS/c1-2-8-5-7-3-4-12-9(6-11)10(7)13-8/h5,9H,2-4,6,11H2,1H3. The number of nitrogens with two attached hydrogens (primary N) is 1. The van der Waals surface area contributed by atoms with Crippen molar-refractivity contribution in [2.45, 2.75) is 25.9 Å². The lowest BCUT2D eigenvalue weighted by atomic mass is 10.1. The van der Waals surface area contributed by atoms with Crippen molar-refractivity contribution in [1.82, 2.24) is 0 Å². The van der Waals surface area contributed by atoms with Crippen molar-refractivity contribution >= 4 is 11.3 Å². The van der Waals surface area contributed by atoms with Crippen molar-refractivity contribution in [2.24, 2.45) is 5.73 Å². The summed E-state index contributed by atoms with van der Waals surface area (Å²) in [7, 11) is 0. The van der Waals surface area contributed by atoms with Gasteiger partial charge in [0.15, 0.2) is 0 Å². The molecular weight excluding hydrogens is 182 g/mol. The molecule has 0 saturated heterocycles. The molecule has 1 aromatic rings. The largest absolute Gasteiger partial charge is 0.371 e. The van der Waals surface area contributed by atoms with E-state index in [-0.39, 0.29) is 6.10 Å². The molecule has 2 N–H and O–H groups in total. The molecule has 0 aromatic carbocycles. The van der Waals surface area contributed by atoms with Crippen LogP contribution in [0.15, 0.2) is 6.07 Å². The fourth-order valence-corrected chi connectivity index (χ4v) is 2.92. The van der Waals surface area contributed by atoms with Crippen LogP contribution in [0.2, 0.25) is 0 Å². The first-order valence-corrected chi connectivity index (χ1v) is 5.60. The van der Waals surface area contributed by atoms with Crippen LogP contribution in [-0.4, -0.2) is 13.2 Å². The van der Waals surface area contributed by atoms with E-state index in [9.17, 15) is 0 Å². The second kappa shape index (κ2) is 3.78. The van der Waals surface area contributed by atoms with Gasteiger partial charge in [-0.2, -0.15) is 0 Å². The summed E-state index contributed by atoms with van der Waals surface area (Å²) in [5, 5.41) is 0. The van der Waals surface area contributed by atoms with Gasteiger partial charge in [0.1, 0.15) is 6.10 Å². The van der Waals surface area contributed by atoms with E-state index in [0.717, 1.165) is 19.4 Å². The number of fused-ring (bicyclic) bond motifs is 1. The highest BCUT2D eigenvalue weighted by Crippen LogP contribution is 2.33. The molecule has 0 spiro atoms. The quantitative estimate of drug-likeness (QED) is 0.785. The van der Waals surface area contributed by atoms with Crippen molar-refractivity contribution in [2.75, 3.05) is 13.2 Å². The Morgan fingerprint density at radius 2 is 2.54 bits per heavy atom. The zero-order valence-corrected chi connectivity index (χ0v) is 8.69. The molecule has 2 rings (SSSR count). The van der Waals surface area contributed by atoms with Gasteiger partial charge in [-0.25, -0.2) is 0 Å². The molecular formula is C10H15NOS. The fourth-order valence-electron chi connectivity index (χ4n) is 1.71. The molecule has 0 saturated carbocycles. The maximum Gasteiger partial charge on any atom is 0.104 e.